The van der Waals surface area contributed by atoms with Crippen LogP contribution in [-0.2, 0) is 15.0 Å². The highest BCUT2D eigenvalue weighted by Crippen LogP contribution is 2.61. The fraction of sp³-hybridized carbons (Fsp3) is 0.0857. The molecular formula is C35H14F4O4S4. The Morgan fingerprint density at radius 1 is 0.574 bits per heavy atom. The monoisotopic (exact) mass is 702 g/mol. The van der Waals surface area contributed by atoms with Crippen LogP contribution in [0.1, 0.15) is 66.6 Å². The minimum Gasteiger partial charge on any atom is -0.285 e. The van der Waals surface area contributed by atoms with Gasteiger partial charge in [-0.05, 0) is 47.5 Å². The van der Waals surface area contributed by atoms with Crippen LogP contribution in [0.5, 0.6) is 0 Å². The molecule has 0 aliphatic heterocycles. The van der Waals surface area contributed by atoms with Gasteiger partial charge in [0.15, 0.2) is 0 Å². The van der Waals surface area contributed by atoms with Crippen molar-refractivity contribution in [1.29, 1.82) is 0 Å². The number of carbonyl (C=O) groups excluding carboxylic acids is 4. The number of hydrogen-bond donors (Lipinski definition) is 0. The summed E-state index contributed by atoms with van der Waals surface area (Å²) in [5.41, 5.74) is 0.758. The maximum atomic E-state index is 14.7. The maximum Gasteiger partial charge on any atom is 0.237 e. The number of benzene rings is 2. The maximum absolute atomic E-state index is 14.7. The zero-order valence-corrected chi connectivity index (χ0v) is 27.2. The lowest BCUT2D eigenvalue weighted by molar-refractivity contribution is -0.110. The van der Waals surface area contributed by atoms with E-state index >= 15 is 0 Å². The summed E-state index contributed by atoms with van der Waals surface area (Å²) in [4.78, 5) is 53.9. The Labute approximate surface area is 277 Å². The van der Waals surface area contributed by atoms with Crippen molar-refractivity contribution >= 4 is 111 Å². The number of carbonyl (C=O) groups is 4. The smallest absolute Gasteiger partial charge is 0.237 e. The van der Waals surface area contributed by atoms with Gasteiger partial charge < -0.3 is 0 Å². The molecule has 0 atom stereocenters. The van der Waals surface area contributed by atoms with E-state index in [0.717, 1.165) is 46.3 Å². The van der Waals surface area contributed by atoms with Crippen molar-refractivity contribution in [1.82, 2.24) is 0 Å². The number of Topliss-reactive ketones (excluding diaryl/α,β-unsaturated/α-hetero) is 4. The molecule has 0 spiro atoms. The molecule has 0 saturated heterocycles. The van der Waals surface area contributed by atoms with Crippen molar-refractivity contribution in [2.75, 3.05) is 0 Å². The van der Waals surface area contributed by atoms with Gasteiger partial charge in [-0.3, -0.25) is 19.2 Å². The minimum atomic E-state index is -1.06. The largest absolute Gasteiger partial charge is 0.285 e. The SMILES string of the molecule is CC1(C)c2cc(/C=C3\C(=O)C(=O)c4cc(F)cc(F)c43)sc2-c2sc3c(sc4cc(/C=C5\C(=O)C(=O)c6c(F)cc(F)cc65)sc43)c21. The fourth-order valence-electron chi connectivity index (χ4n) is 6.77. The van der Waals surface area contributed by atoms with E-state index < -0.39 is 57.4 Å². The number of rotatable bonds is 2. The highest BCUT2D eigenvalue weighted by molar-refractivity contribution is 7.40. The molecule has 12 heteroatoms. The van der Waals surface area contributed by atoms with Crippen molar-refractivity contribution in [2.24, 2.45) is 0 Å². The third-order valence-electron chi connectivity index (χ3n) is 8.87. The highest BCUT2D eigenvalue weighted by Gasteiger charge is 2.43. The zero-order valence-electron chi connectivity index (χ0n) is 23.9. The first kappa shape index (κ1) is 28.8. The lowest BCUT2D eigenvalue weighted by Crippen LogP contribution is -2.13. The quantitative estimate of drug-likeness (QED) is 0.102. The molecule has 0 amide bonds. The second kappa shape index (κ2) is 9.38. The Morgan fingerprint density at radius 2 is 1.21 bits per heavy atom. The van der Waals surface area contributed by atoms with Gasteiger partial charge in [-0.25, -0.2) is 17.6 Å². The molecule has 0 radical (unpaired) electrons. The van der Waals surface area contributed by atoms with E-state index in [-0.39, 0.29) is 27.8 Å². The van der Waals surface area contributed by atoms with Crippen LogP contribution >= 0.6 is 45.3 Å². The van der Waals surface area contributed by atoms with Crippen LogP contribution in [0, 0.1) is 23.3 Å². The fourth-order valence-corrected chi connectivity index (χ4v) is 12.7. The average molecular weight is 703 g/mol. The number of allylic oxidation sites excluding steroid dienone is 2. The van der Waals surface area contributed by atoms with Crippen molar-refractivity contribution < 1.29 is 36.7 Å². The molecule has 47 heavy (non-hydrogen) atoms. The van der Waals surface area contributed by atoms with Gasteiger partial charge in [-0.1, -0.05) is 13.8 Å². The van der Waals surface area contributed by atoms with E-state index in [1.165, 1.54) is 40.4 Å². The summed E-state index contributed by atoms with van der Waals surface area (Å²) in [7, 11) is 0. The molecule has 3 aliphatic rings. The summed E-state index contributed by atoms with van der Waals surface area (Å²) in [6, 6.07) is 7.01. The normalized spacial score (nSPS) is 18.0. The number of hydrogen-bond acceptors (Lipinski definition) is 8. The predicted octanol–water partition coefficient (Wildman–Crippen LogP) is 9.71. The van der Waals surface area contributed by atoms with Gasteiger partial charge in [-0.15, -0.1) is 45.3 Å². The Kier molecular flexibility index (Phi) is 5.75. The summed E-state index contributed by atoms with van der Waals surface area (Å²) >= 11 is 6.07. The van der Waals surface area contributed by atoms with Crippen molar-refractivity contribution in [2.45, 2.75) is 19.3 Å². The average Bonchev–Trinajstić information content (AvgIpc) is 3.83. The number of ketones is 4. The van der Waals surface area contributed by atoms with Gasteiger partial charge in [0.1, 0.15) is 23.3 Å². The second-order valence-corrected chi connectivity index (χ2v) is 16.2. The lowest BCUT2D eigenvalue weighted by Gasteiger charge is -2.19. The topological polar surface area (TPSA) is 68.3 Å². The van der Waals surface area contributed by atoms with E-state index in [1.807, 2.05) is 12.1 Å². The zero-order chi connectivity index (χ0) is 32.8. The predicted molar refractivity (Wildman–Crippen MR) is 178 cm³/mol. The third-order valence-corrected chi connectivity index (χ3v) is 14.0. The van der Waals surface area contributed by atoms with Crippen molar-refractivity contribution in [3.63, 3.8) is 0 Å². The molecule has 0 saturated carbocycles. The van der Waals surface area contributed by atoms with Crippen LogP contribution in [0.2, 0.25) is 0 Å². The molecule has 0 fully saturated rings. The van der Waals surface area contributed by atoms with Crippen molar-refractivity contribution in [3.05, 3.63) is 103 Å². The molecule has 6 aromatic rings. The molecule has 3 aliphatic carbocycles. The van der Waals surface area contributed by atoms with E-state index in [0.29, 0.717) is 21.9 Å². The van der Waals surface area contributed by atoms with Crippen LogP contribution < -0.4 is 0 Å². The first-order chi connectivity index (χ1) is 22.3. The molecule has 4 aromatic heterocycles. The van der Waals surface area contributed by atoms with Gasteiger partial charge >= 0.3 is 0 Å². The minimum absolute atomic E-state index is 0.0386. The molecule has 4 nitrogen and oxygen atoms in total. The number of halogens is 4. The van der Waals surface area contributed by atoms with E-state index in [2.05, 4.69) is 13.8 Å². The number of thiophene rings is 4. The summed E-state index contributed by atoms with van der Waals surface area (Å²) in [6.07, 6.45) is 3.02. The standard InChI is InChI=1S/C35H14F4O4S4/c1-35(2)19-9-13(8-18-23-17(27(41)28(18)42)4-12(37)5-20(23)38)44-30(19)32-25(35)33-34(47-32)31-22(46-33)10-14(45-31)7-16-15-3-11(36)6-21(39)24(15)29(43)26(16)40/h3-10H,1-2H3/b16-7-,18-8-. The van der Waals surface area contributed by atoms with Crippen molar-refractivity contribution in [3.8, 4) is 9.75 Å². The highest BCUT2D eigenvalue weighted by atomic mass is 32.1. The molecule has 9 rings (SSSR count). The Bertz CT molecular complexity index is 2620. The van der Waals surface area contributed by atoms with Crippen LogP contribution in [-0.4, -0.2) is 23.1 Å². The van der Waals surface area contributed by atoms with E-state index in [1.54, 1.807) is 22.7 Å². The van der Waals surface area contributed by atoms with Crippen LogP contribution in [0.15, 0.2) is 36.4 Å². The molecule has 0 bridgehead atoms. The Hall–Kier alpha value is -4.36. The van der Waals surface area contributed by atoms with Gasteiger partial charge in [-0.2, -0.15) is 0 Å². The summed E-state index contributed by atoms with van der Waals surface area (Å²) in [6.45, 7) is 4.22. The first-order valence-electron chi connectivity index (χ1n) is 14.1. The summed E-state index contributed by atoms with van der Waals surface area (Å²) in [5.74, 6) is -7.49. The molecule has 0 unspecified atom stereocenters. The Morgan fingerprint density at radius 3 is 1.96 bits per heavy atom. The van der Waals surface area contributed by atoms with Gasteiger partial charge in [0.05, 0.1) is 24.5 Å². The van der Waals surface area contributed by atoms with Gasteiger partial charge in [0, 0.05) is 64.7 Å². The first-order valence-corrected chi connectivity index (χ1v) is 17.3. The number of fused-ring (bicyclic) bond motifs is 9. The molecular weight excluding hydrogens is 689 g/mol. The van der Waals surface area contributed by atoms with E-state index in [4.69, 9.17) is 0 Å². The molecule has 2 aromatic carbocycles. The van der Waals surface area contributed by atoms with Gasteiger partial charge in [0.25, 0.3) is 0 Å². The molecule has 0 N–H and O–H groups in total. The molecule has 230 valence electrons. The van der Waals surface area contributed by atoms with E-state index in [9.17, 15) is 36.7 Å². The second-order valence-electron chi connectivity index (χ2n) is 12.0. The van der Waals surface area contributed by atoms with Crippen LogP contribution in [0.4, 0.5) is 17.6 Å². The lowest BCUT2D eigenvalue weighted by atomic mass is 9.84. The van der Waals surface area contributed by atoms with Gasteiger partial charge in [0.2, 0.25) is 23.1 Å². The summed E-state index contributed by atoms with van der Waals surface area (Å²) in [5, 5.41) is 0. The molecule has 4 heterocycles. The third kappa shape index (κ3) is 3.78. The van der Waals surface area contributed by atoms with Crippen LogP contribution in [0.25, 0.3) is 51.9 Å². The van der Waals surface area contributed by atoms with Crippen LogP contribution in [0.3, 0.4) is 0 Å². The Balaban J connectivity index is 1.14. The summed E-state index contributed by atoms with van der Waals surface area (Å²) < 4.78 is 61.1.